The van der Waals surface area contributed by atoms with Crippen molar-refractivity contribution in [3.63, 3.8) is 0 Å². The summed E-state index contributed by atoms with van der Waals surface area (Å²) in [5.41, 5.74) is 0. The highest BCUT2D eigenvalue weighted by molar-refractivity contribution is 7.11. The Morgan fingerprint density at radius 1 is 1.56 bits per heavy atom. The first-order valence-corrected chi connectivity index (χ1v) is 6.37. The van der Waals surface area contributed by atoms with Gasteiger partial charge < -0.3 is 10.2 Å². The molecule has 90 valence electrons. The summed E-state index contributed by atoms with van der Waals surface area (Å²) in [5.74, 6) is 0. The lowest BCUT2D eigenvalue weighted by Crippen LogP contribution is -2.40. The topological polar surface area (TPSA) is 45.2 Å². The van der Waals surface area contributed by atoms with Crippen LogP contribution in [0.3, 0.4) is 0 Å². The molecule has 0 fully saturated rings. The zero-order valence-electron chi connectivity index (χ0n) is 10.3. The number of hydrogen-bond acceptors (Lipinski definition) is 3. The number of rotatable bonds is 4. The van der Waals surface area contributed by atoms with E-state index in [-0.39, 0.29) is 12.1 Å². The number of hydrogen-bond donors (Lipinski definition) is 1. The van der Waals surface area contributed by atoms with Crippen molar-refractivity contribution in [1.29, 1.82) is 0 Å². The largest absolute Gasteiger partial charge is 0.329 e. The van der Waals surface area contributed by atoms with Crippen molar-refractivity contribution < 1.29 is 4.79 Å². The van der Waals surface area contributed by atoms with Gasteiger partial charge in [0.15, 0.2) is 0 Å². The lowest BCUT2D eigenvalue weighted by Gasteiger charge is -2.21. The summed E-state index contributed by atoms with van der Waals surface area (Å²) in [6.45, 7) is 9.38. The van der Waals surface area contributed by atoms with E-state index in [2.05, 4.69) is 10.3 Å². The normalized spacial score (nSPS) is 12.2. The van der Waals surface area contributed by atoms with Crippen molar-refractivity contribution in [3.05, 3.63) is 16.1 Å². The van der Waals surface area contributed by atoms with Crippen LogP contribution >= 0.6 is 11.3 Å². The van der Waals surface area contributed by atoms with Gasteiger partial charge in [0.25, 0.3) is 0 Å². The SMILES string of the molecule is CCN(CC)C(=O)NC(C)c1ncc(C)s1. The molecule has 0 aliphatic rings. The molecule has 1 heterocycles. The van der Waals surface area contributed by atoms with Crippen LogP contribution < -0.4 is 5.32 Å². The van der Waals surface area contributed by atoms with E-state index in [4.69, 9.17) is 0 Å². The summed E-state index contributed by atoms with van der Waals surface area (Å²) in [4.78, 5) is 19.0. The molecule has 0 aliphatic heterocycles. The number of thiazole rings is 1. The smallest absolute Gasteiger partial charge is 0.317 e. The Morgan fingerprint density at radius 3 is 2.62 bits per heavy atom. The average Bonchev–Trinajstić information content (AvgIpc) is 2.66. The van der Waals surface area contributed by atoms with Gasteiger partial charge in [0.1, 0.15) is 5.01 Å². The fraction of sp³-hybridized carbons (Fsp3) is 0.636. The molecule has 0 aromatic carbocycles. The van der Waals surface area contributed by atoms with Gasteiger partial charge in [0.05, 0.1) is 6.04 Å². The Hall–Kier alpha value is -1.10. The van der Waals surface area contributed by atoms with E-state index in [1.165, 1.54) is 4.88 Å². The number of nitrogens with zero attached hydrogens (tertiary/aromatic N) is 2. The molecule has 4 nitrogen and oxygen atoms in total. The van der Waals surface area contributed by atoms with Gasteiger partial charge in [0.2, 0.25) is 0 Å². The van der Waals surface area contributed by atoms with Crippen LogP contribution in [-0.4, -0.2) is 29.0 Å². The molecule has 1 N–H and O–H groups in total. The number of urea groups is 1. The molecular formula is C11H19N3OS. The minimum atomic E-state index is -0.0228. The molecule has 1 unspecified atom stereocenters. The molecule has 5 heteroatoms. The minimum absolute atomic E-state index is 0.0215. The van der Waals surface area contributed by atoms with Gasteiger partial charge in [-0.1, -0.05) is 0 Å². The lowest BCUT2D eigenvalue weighted by molar-refractivity contribution is 0.200. The molecule has 1 aromatic rings. The third-order valence-electron chi connectivity index (χ3n) is 2.40. The Labute approximate surface area is 101 Å². The van der Waals surface area contributed by atoms with Gasteiger partial charge in [0, 0.05) is 24.2 Å². The summed E-state index contributed by atoms with van der Waals surface area (Å²) >= 11 is 1.62. The summed E-state index contributed by atoms with van der Waals surface area (Å²) in [6.07, 6.45) is 1.83. The molecule has 1 aromatic heterocycles. The zero-order valence-corrected chi connectivity index (χ0v) is 11.1. The highest BCUT2D eigenvalue weighted by atomic mass is 32.1. The first-order chi connectivity index (χ1) is 7.58. The highest BCUT2D eigenvalue weighted by Gasteiger charge is 2.15. The van der Waals surface area contributed by atoms with Crippen LogP contribution in [0.15, 0.2) is 6.20 Å². The van der Waals surface area contributed by atoms with Gasteiger partial charge in [-0.3, -0.25) is 0 Å². The standard InChI is InChI=1S/C11H19N3OS/c1-5-14(6-2)11(15)13-9(4)10-12-7-8(3)16-10/h7,9H,5-6H2,1-4H3,(H,13,15). The monoisotopic (exact) mass is 241 g/mol. The van der Waals surface area contributed by atoms with Gasteiger partial charge in [-0.15, -0.1) is 11.3 Å². The molecule has 0 bridgehead atoms. The van der Waals surface area contributed by atoms with Gasteiger partial charge in [-0.05, 0) is 27.7 Å². The zero-order chi connectivity index (χ0) is 12.1. The quantitative estimate of drug-likeness (QED) is 0.880. The molecule has 0 aliphatic carbocycles. The average molecular weight is 241 g/mol. The van der Waals surface area contributed by atoms with Crippen LogP contribution in [0.2, 0.25) is 0 Å². The molecule has 0 radical (unpaired) electrons. The van der Waals surface area contributed by atoms with Crippen molar-refractivity contribution in [1.82, 2.24) is 15.2 Å². The fourth-order valence-corrected chi connectivity index (χ4v) is 2.20. The van der Waals surface area contributed by atoms with Crippen LogP contribution in [0, 0.1) is 6.92 Å². The predicted molar refractivity (Wildman–Crippen MR) is 66.7 cm³/mol. The molecule has 0 saturated heterocycles. The highest BCUT2D eigenvalue weighted by Crippen LogP contribution is 2.18. The Bertz CT molecular complexity index is 347. The Kier molecular flexibility index (Phi) is 4.73. The van der Waals surface area contributed by atoms with Gasteiger partial charge in [-0.25, -0.2) is 9.78 Å². The number of aromatic nitrogens is 1. The Balaban J connectivity index is 2.57. The molecule has 1 atom stereocenters. The lowest BCUT2D eigenvalue weighted by atomic mass is 10.3. The maximum Gasteiger partial charge on any atom is 0.317 e. The van der Waals surface area contributed by atoms with E-state index < -0.39 is 0 Å². The third kappa shape index (κ3) is 3.20. The molecule has 0 spiro atoms. The van der Waals surface area contributed by atoms with Crippen LogP contribution in [0.4, 0.5) is 4.79 Å². The van der Waals surface area contributed by atoms with E-state index in [1.807, 2.05) is 33.9 Å². The second-order valence-corrected chi connectivity index (χ2v) is 4.92. The fourth-order valence-electron chi connectivity index (χ4n) is 1.42. The number of nitrogens with one attached hydrogen (secondary N) is 1. The molecule has 16 heavy (non-hydrogen) atoms. The molecular weight excluding hydrogens is 222 g/mol. The third-order valence-corrected chi connectivity index (χ3v) is 3.50. The summed E-state index contributed by atoms with van der Waals surface area (Å²) in [6, 6.07) is -0.0443. The number of carbonyl (C=O) groups excluding carboxylic acids is 1. The second-order valence-electron chi connectivity index (χ2n) is 3.65. The van der Waals surface area contributed by atoms with Crippen LogP contribution in [0.25, 0.3) is 0 Å². The van der Waals surface area contributed by atoms with E-state index in [1.54, 1.807) is 16.2 Å². The minimum Gasteiger partial charge on any atom is -0.329 e. The van der Waals surface area contributed by atoms with Crippen LogP contribution in [0.5, 0.6) is 0 Å². The van der Waals surface area contributed by atoms with Gasteiger partial charge >= 0.3 is 6.03 Å². The van der Waals surface area contributed by atoms with E-state index in [0.29, 0.717) is 0 Å². The maximum absolute atomic E-state index is 11.8. The molecule has 0 saturated carbocycles. The van der Waals surface area contributed by atoms with Crippen LogP contribution in [0.1, 0.15) is 36.7 Å². The summed E-state index contributed by atoms with van der Waals surface area (Å²) in [5, 5.41) is 3.90. The summed E-state index contributed by atoms with van der Waals surface area (Å²) < 4.78 is 0. The number of aryl methyl sites for hydroxylation is 1. The van der Waals surface area contributed by atoms with Gasteiger partial charge in [-0.2, -0.15) is 0 Å². The van der Waals surface area contributed by atoms with Crippen LogP contribution in [-0.2, 0) is 0 Å². The maximum atomic E-state index is 11.8. The molecule has 1 rings (SSSR count). The first kappa shape index (κ1) is 13.0. The van der Waals surface area contributed by atoms with E-state index in [9.17, 15) is 4.79 Å². The summed E-state index contributed by atoms with van der Waals surface area (Å²) in [7, 11) is 0. The molecule has 2 amide bonds. The van der Waals surface area contributed by atoms with E-state index in [0.717, 1.165) is 18.1 Å². The number of amides is 2. The van der Waals surface area contributed by atoms with Crippen molar-refractivity contribution >= 4 is 17.4 Å². The Morgan fingerprint density at radius 2 is 2.19 bits per heavy atom. The number of carbonyl (C=O) groups is 1. The second kappa shape index (κ2) is 5.84. The predicted octanol–water partition coefficient (Wildman–Crippen LogP) is 2.56. The first-order valence-electron chi connectivity index (χ1n) is 5.56. The van der Waals surface area contributed by atoms with Crippen molar-refractivity contribution in [2.24, 2.45) is 0 Å². The van der Waals surface area contributed by atoms with Crippen molar-refractivity contribution in [3.8, 4) is 0 Å². The van der Waals surface area contributed by atoms with Crippen molar-refractivity contribution in [2.75, 3.05) is 13.1 Å². The van der Waals surface area contributed by atoms with Crippen molar-refractivity contribution in [2.45, 2.75) is 33.7 Å². The van der Waals surface area contributed by atoms with E-state index >= 15 is 0 Å².